The molecule has 0 saturated heterocycles. The molecule has 0 aliphatic heterocycles. The molecule has 0 atom stereocenters. The molecule has 5 nitrogen and oxygen atoms in total. The van der Waals surface area contributed by atoms with Gasteiger partial charge < -0.3 is 14.8 Å². The van der Waals surface area contributed by atoms with Crippen molar-refractivity contribution in [3.63, 3.8) is 0 Å². The molecule has 0 aliphatic carbocycles. The van der Waals surface area contributed by atoms with E-state index in [9.17, 15) is 9.59 Å². The molecule has 0 aliphatic rings. The number of amides is 1. The van der Waals surface area contributed by atoms with Gasteiger partial charge in [-0.15, -0.1) is 0 Å². The Morgan fingerprint density at radius 1 is 1.25 bits per heavy atom. The van der Waals surface area contributed by atoms with Crippen LogP contribution in [0.15, 0.2) is 30.3 Å². The molecule has 16 heavy (non-hydrogen) atoms. The molecule has 0 unspecified atom stereocenters. The molecule has 0 bridgehead atoms. The number of rotatable bonds is 4. The summed E-state index contributed by atoms with van der Waals surface area (Å²) >= 11 is 0. The number of esters is 1. The van der Waals surface area contributed by atoms with Crippen molar-refractivity contribution in [1.29, 1.82) is 0 Å². The minimum absolute atomic E-state index is 0.125. The SMILES string of the molecule is COC(=O)CCNC(=O)Oc1ccccc1. The fourth-order valence-electron chi connectivity index (χ4n) is 1.00. The molecule has 0 spiro atoms. The van der Waals surface area contributed by atoms with Crippen LogP contribution in [-0.4, -0.2) is 25.7 Å². The maximum Gasteiger partial charge on any atom is 0.412 e. The second-order valence-electron chi connectivity index (χ2n) is 2.96. The minimum Gasteiger partial charge on any atom is -0.469 e. The van der Waals surface area contributed by atoms with Gasteiger partial charge in [0.25, 0.3) is 0 Å². The second-order valence-corrected chi connectivity index (χ2v) is 2.96. The lowest BCUT2D eigenvalue weighted by Crippen LogP contribution is -2.29. The van der Waals surface area contributed by atoms with E-state index in [0.29, 0.717) is 5.75 Å². The Bertz CT molecular complexity index is 350. The second kappa shape index (κ2) is 6.44. The fourth-order valence-corrected chi connectivity index (χ4v) is 1.00. The highest BCUT2D eigenvalue weighted by Gasteiger charge is 2.05. The first kappa shape index (κ1) is 12.0. The van der Waals surface area contributed by atoms with E-state index in [4.69, 9.17) is 4.74 Å². The van der Waals surface area contributed by atoms with Crippen molar-refractivity contribution >= 4 is 12.1 Å². The number of para-hydroxylation sites is 1. The van der Waals surface area contributed by atoms with Crippen molar-refractivity contribution in [3.8, 4) is 5.75 Å². The standard InChI is InChI=1S/C11H13NO4/c1-15-10(13)7-8-12-11(14)16-9-5-3-2-4-6-9/h2-6H,7-8H2,1H3,(H,12,14). The van der Waals surface area contributed by atoms with Crippen LogP contribution in [0.1, 0.15) is 6.42 Å². The summed E-state index contributed by atoms with van der Waals surface area (Å²) in [5.74, 6) is 0.0816. The molecule has 1 amide bonds. The van der Waals surface area contributed by atoms with Gasteiger partial charge >= 0.3 is 12.1 Å². The van der Waals surface area contributed by atoms with Crippen LogP contribution in [0.3, 0.4) is 0 Å². The molecule has 0 saturated carbocycles. The van der Waals surface area contributed by atoms with Crippen molar-refractivity contribution in [2.75, 3.05) is 13.7 Å². The van der Waals surface area contributed by atoms with Crippen LogP contribution < -0.4 is 10.1 Å². The molecule has 0 fully saturated rings. The summed E-state index contributed by atoms with van der Waals surface area (Å²) in [6.45, 7) is 0.193. The molecule has 1 aromatic carbocycles. The van der Waals surface area contributed by atoms with Crippen molar-refractivity contribution in [1.82, 2.24) is 5.32 Å². The lowest BCUT2D eigenvalue weighted by atomic mass is 10.3. The van der Waals surface area contributed by atoms with Crippen molar-refractivity contribution in [3.05, 3.63) is 30.3 Å². The molecule has 1 aromatic rings. The van der Waals surface area contributed by atoms with E-state index in [2.05, 4.69) is 10.1 Å². The molecule has 0 aromatic heterocycles. The summed E-state index contributed by atoms with van der Waals surface area (Å²) in [4.78, 5) is 21.9. The first-order valence-electron chi connectivity index (χ1n) is 4.80. The van der Waals surface area contributed by atoms with Crippen LogP contribution in [0.25, 0.3) is 0 Å². The third kappa shape index (κ3) is 4.45. The van der Waals surface area contributed by atoms with E-state index in [1.807, 2.05) is 6.07 Å². The van der Waals surface area contributed by atoms with Gasteiger partial charge in [0.05, 0.1) is 13.5 Å². The average molecular weight is 223 g/mol. The van der Waals surface area contributed by atoms with Gasteiger partial charge in [-0.25, -0.2) is 4.79 Å². The zero-order chi connectivity index (χ0) is 11.8. The largest absolute Gasteiger partial charge is 0.469 e. The van der Waals surface area contributed by atoms with E-state index in [1.54, 1.807) is 24.3 Å². The summed E-state index contributed by atoms with van der Waals surface area (Å²) in [6.07, 6.45) is -0.462. The van der Waals surface area contributed by atoms with E-state index in [0.717, 1.165) is 0 Å². The third-order valence-electron chi connectivity index (χ3n) is 1.78. The van der Waals surface area contributed by atoms with Crippen molar-refractivity contribution in [2.45, 2.75) is 6.42 Å². The summed E-state index contributed by atoms with van der Waals surface area (Å²) in [7, 11) is 1.30. The molecule has 86 valence electrons. The normalized spacial score (nSPS) is 9.31. The topological polar surface area (TPSA) is 64.6 Å². The Morgan fingerprint density at radius 2 is 1.94 bits per heavy atom. The van der Waals surface area contributed by atoms with Crippen molar-refractivity contribution in [2.24, 2.45) is 0 Å². The monoisotopic (exact) mass is 223 g/mol. The van der Waals surface area contributed by atoms with Crippen LogP contribution in [0.4, 0.5) is 4.79 Å². The van der Waals surface area contributed by atoms with Gasteiger partial charge in [-0.05, 0) is 12.1 Å². The Balaban J connectivity index is 2.24. The van der Waals surface area contributed by atoms with Gasteiger partial charge in [-0.3, -0.25) is 4.79 Å². The first-order chi connectivity index (χ1) is 7.72. The quantitative estimate of drug-likeness (QED) is 0.782. The number of carbonyl (C=O) groups excluding carboxylic acids is 2. The molecule has 0 radical (unpaired) electrons. The predicted octanol–water partition coefficient (Wildman–Crippen LogP) is 1.34. The van der Waals surface area contributed by atoms with Gasteiger partial charge in [0.2, 0.25) is 0 Å². The third-order valence-corrected chi connectivity index (χ3v) is 1.78. The number of hydrogen-bond acceptors (Lipinski definition) is 4. The van der Waals surface area contributed by atoms with Gasteiger partial charge in [0.1, 0.15) is 5.75 Å². The molecule has 0 heterocycles. The van der Waals surface area contributed by atoms with Crippen LogP contribution >= 0.6 is 0 Å². The lowest BCUT2D eigenvalue weighted by Gasteiger charge is -2.05. The van der Waals surface area contributed by atoms with Gasteiger partial charge in [0.15, 0.2) is 0 Å². The zero-order valence-electron chi connectivity index (χ0n) is 8.93. The van der Waals surface area contributed by atoms with Gasteiger partial charge in [0, 0.05) is 6.54 Å². The number of ether oxygens (including phenoxy) is 2. The molecular weight excluding hydrogens is 210 g/mol. The predicted molar refractivity (Wildman–Crippen MR) is 57.1 cm³/mol. The Kier molecular flexibility index (Phi) is 4.85. The molecule has 5 heteroatoms. The van der Waals surface area contributed by atoms with Crippen LogP contribution in [0.2, 0.25) is 0 Å². The van der Waals surface area contributed by atoms with E-state index >= 15 is 0 Å². The van der Waals surface area contributed by atoms with Crippen LogP contribution in [0, 0.1) is 0 Å². The number of carbonyl (C=O) groups is 2. The van der Waals surface area contributed by atoms with E-state index < -0.39 is 6.09 Å². The average Bonchev–Trinajstić information content (AvgIpc) is 2.30. The number of nitrogens with one attached hydrogen (secondary N) is 1. The smallest absolute Gasteiger partial charge is 0.412 e. The molecule has 1 N–H and O–H groups in total. The molecule has 1 rings (SSSR count). The van der Waals surface area contributed by atoms with Crippen LogP contribution in [0.5, 0.6) is 5.75 Å². The molecular formula is C11H13NO4. The highest BCUT2D eigenvalue weighted by molar-refractivity contribution is 5.72. The minimum atomic E-state index is -0.588. The summed E-state index contributed by atoms with van der Waals surface area (Å²) in [5.41, 5.74) is 0. The maximum absolute atomic E-state index is 11.2. The first-order valence-corrected chi connectivity index (χ1v) is 4.80. The number of benzene rings is 1. The number of hydrogen-bond donors (Lipinski definition) is 1. The maximum atomic E-state index is 11.2. The summed E-state index contributed by atoms with van der Waals surface area (Å²) in [5, 5.41) is 2.43. The Labute approximate surface area is 93.4 Å². The van der Waals surface area contributed by atoms with Gasteiger partial charge in [-0.2, -0.15) is 0 Å². The van der Waals surface area contributed by atoms with Gasteiger partial charge in [-0.1, -0.05) is 18.2 Å². The summed E-state index contributed by atoms with van der Waals surface area (Å²) < 4.78 is 9.35. The Hall–Kier alpha value is -2.04. The Morgan fingerprint density at radius 3 is 2.56 bits per heavy atom. The fraction of sp³-hybridized carbons (Fsp3) is 0.273. The number of methoxy groups -OCH3 is 1. The zero-order valence-corrected chi connectivity index (χ0v) is 8.93. The van der Waals surface area contributed by atoms with E-state index in [-0.39, 0.29) is 18.9 Å². The lowest BCUT2D eigenvalue weighted by molar-refractivity contribution is -0.140. The van der Waals surface area contributed by atoms with E-state index in [1.165, 1.54) is 7.11 Å². The summed E-state index contributed by atoms with van der Waals surface area (Å²) in [6, 6.07) is 8.68. The van der Waals surface area contributed by atoms with Crippen molar-refractivity contribution < 1.29 is 19.1 Å². The highest BCUT2D eigenvalue weighted by atomic mass is 16.6. The highest BCUT2D eigenvalue weighted by Crippen LogP contribution is 2.07. The van der Waals surface area contributed by atoms with Crippen LogP contribution in [-0.2, 0) is 9.53 Å².